The molecule has 1 atom stereocenters. The Hall–Kier alpha value is 0.310. The lowest BCUT2D eigenvalue weighted by atomic mass is 10.3. The predicted octanol–water partition coefficient (Wildman–Crippen LogP) is 2.50. The van der Waals surface area contributed by atoms with Gasteiger partial charge in [0.25, 0.3) is 0 Å². The van der Waals surface area contributed by atoms with Gasteiger partial charge in [-0.25, -0.2) is 0 Å². The third-order valence-electron chi connectivity index (χ3n) is 2.21. The summed E-state index contributed by atoms with van der Waals surface area (Å²) in [5.74, 6) is -1.24. The lowest BCUT2D eigenvalue weighted by Gasteiger charge is -2.12. The van der Waals surface area contributed by atoms with E-state index >= 15 is 0 Å². The molecule has 8 heteroatoms. The minimum absolute atomic E-state index is 0.0361. The molecule has 1 aromatic rings. The monoisotopic (exact) mass is 600 g/mol. The second-order valence-corrected chi connectivity index (χ2v) is 7.30. The van der Waals surface area contributed by atoms with Crippen LogP contribution in [0.2, 0.25) is 0 Å². The highest BCUT2D eigenvalue weighted by molar-refractivity contribution is 14.1. The molecule has 0 radical (unpaired) electrons. The summed E-state index contributed by atoms with van der Waals surface area (Å²) in [5, 5.41) is 14.1. The van der Waals surface area contributed by atoms with Crippen molar-refractivity contribution in [3.63, 3.8) is 0 Å². The Labute approximate surface area is 151 Å². The fraction of sp³-hybridized carbons (Fsp3) is 0.273. The van der Waals surface area contributed by atoms with Gasteiger partial charge in [0.15, 0.2) is 0 Å². The van der Waals surface area contributed by atoms with Gasteiger partial charge in [0.05, 0.1) is 12.2 Å². The molecule has 0 aliphatic carbocycles. The number of rotatable bonds is 5. The Bertz CT molecular complexity index is 485. The molecule has 1 amide bonds. The van der Waals surface area contributed by atoms with Crippen LogP contribution < -0.4 is 10.6 Å². The number of carboxylic acids is 1. The Kier molecular flexibility index (Phi) is 7.24. The van der Waals surface area contributed by atoms with Gasteiger partial charge in [-0.1, -0.05) is 0 Å². The average Bonchev–Trinajstić information content (AvgIpc) is 2.30. The van der Waals surface area contributed by atoms with E-state index in [2.05, 4.69) is 78.4 Å². The molecule has 0 saturated heterocycles. The molecule has 0 bridgehead atoms. The van der Waals surface area contributed by atoms with Gasteiger partial charge in [-0.2, -0.15) is 0 Å². The maximum atomic E-state index is 11.8. The number of carbonyl (C=O) groups is 2. The van der Waals surface area contributed by atoms with Gasteiger partial charge >= 0.3 is 5.97 Å². The van der Waals surface area contributed by atoms with Crippen molar-refractivity contribution in [3.05, 3.63) is 22.8 Å². The lowest BCUT2D eigenvalue weighted by Crippen LogP contribution is -2.39. The van der Waals surface area contributed by atoms with Crippen LogP contribution in [0.5, 0.6) is 0 Å². The summed E-state index contributed by atoms with van der Waals surface area (Å²) in [6.07, 6.45) is 0. The number of hydrogen-bond acceptors (Lipinski definition) is 3. The first-order valence-electron chi connectivity index (χ1n) is 5.22. The summed E-state index contributed by atoms with van der Waals surface area (Å²) in [5.41, 5.74) is 0.761. The molecule has 0 aromatic heterocycles. The maximum absolute atomic E-state index is 11.8. The van der Waals surface area contributed by atoms with E-state index in [9.17, 15) is 9.59 Å². The molecule has 1 rings (SSSR count). The second kappa shape index (κ2) is 7.93. The first-order valence-corrected chi connectivity index (χ1v) is 8.45. The predicted molar refractivity (Wildman–Crippen MR) is 98.3 cm³/mol. The van der Waals surface area contributed by atoms with Gasteiger partial charge < -0.3 is 10.4 Å². The Morgan fingerprint density at radius 2 is 1.79 bits per heavy atom. The molecule has 19 heavy (non-hydrogen) atoms. The topological polar surface area (TPSA) is 78.4 Å². The summed E-state index contributed by atoms with van der Waals surface area (Å²) in [4.78, 5) is 22.4. The molecule has 0 spiro atoms. The molecular weight excluding hydrogens is 589 g/mol. The lowest BCUT2D eigenvalue weighted by molar-refractivity contribution is -0.139. The number of aliphatic carboxylic acids is 1. The number of carbonyl (C=O) groups excluding carboxylic acids is 1. The summed E-state index contributed by atoms with van der Waals surface area (Å²) in [7, 11) is 0. The van der Waals surface area contributed by atoms with Crippen molar-refractivity contribution in [1.29, 1.82) is 0 Å². The van der Waals surface area contributed by atoms with E-state index in [1.54, 1.807) is 0 Å². The van der Waals surface area contributed by atoms with Crippen LogP contribution in [0, 0.1) is 10.7 Å². The van der Waals surface area contributed by atoms with E-state index in [-0.39, 0.29) is 12.5 Å². The minimum Gasteiger partial charge on any atom is -0.480 e. The van der Waals surface area contributed by atoms with Crippen molar-refractivity contribution in [3.8, 4) is 0 Å². The number of anilines is 1. The number of carboxylic acid groups (broad SMARTS) is 1. The highest BCUT2D eigenvalue weighted by atomic mass is 127. The zero-order valence-corrected chi connectivity index (χ0v) is 16.3. The van der Waals surface area contributed by atoms with Crippen LogP contribution in [0.1, 0.15) is 6.92 Å². The molecule has 1 unspecified atom stereocenters. The molecule has 3 N–H and O–H groups in total. The molecule has 0 heterocycles. The van der Waals surface area contributed by atoms with Crippen molar-refractivity contribution >= 4 is 85.3 Å². The third-order valence-corrected chi connectivity index (χ3v) is 4.53. The average molecular weight is 600 g/mol. The van der Waals surface area contributed by atoms with Crippen molar-refractivity contribution in [2.24, 2.45) is 0 Å². The van der Waals surface area contributed by atoms with E-state index in [1.165, 1.54) is 6.92 Å². The number of halogens is 3. The normalized spacial score (nSPS) is 12.0. The van der Waals surface area contributed by atoms with Crippen LogP contribution in [-0.2, 0) is 9.59 Å². The first-order chi connectivity index (χ1) is 8.81. The SMILES string of the molecule is CC(NCC(=O)Nc1c(I)cc(I)cc1I)C(=O)O. The summed E-state index contributed by atoms with van der Waals surface area (Å²) < 4.78 is 3.00. The van der Waals surface area contributed by atoms with E-state index in [0.29, 0.717) is 0 Å². The number of nitrogens with one attached hydrogen (secondary N) is 2. The third kappa shape index (κ3) is 5.67. The van der Waals surface area contributed by atoms with Gasteiger partial charge in [-0.15, -0.1) is 0 Å². The first kappa shape index (κ1) is 17.4. The highest BCUT2D eigenvalue weighted by Gasteiger charge is 2.14. The summed E-state index contributed by atoms with van der Waals surface area (Å²) >= 11 is 6.53. The molecule has 0 aliphatic heterocycles. The van der Waals surface area contributed by atoms with E-state index in [0.717, 1.165) is 16.4 Å². The van der Waals surface area contributed by atoms with Crippen molar-refractivity contribution in [1.82, 2.24) is 5.32 Å². The maximum Gasteiger partial charge on any atom is 0.320 e. The zero-order valence-electron chi connectivity index (χ0n) is 9.84. The van der Waals surface area contributed by atoms with Gasteiger partial charge in [-0.05, 0) is 86.8 Å². The molecule has 104 valence electrons. The smallest absolute Gasteiger partial charge is 0.320 e. The Morgan fingerprint density at radius 1 is 1.26 bits per heavy atom. The molecule has 1 aromatic carbocycles. The fourth-order valence-corrected chi connectivity index (χ4v) is 5.03. The van der Waals surface area contributed by atoms with E-state index in [4.69, 9.17) is 5.11 Å². The molecular formula is C11H11I3N2O3. The number of hydrogen-bond donors (Lipinski definition) is 3. The van der Waals surface area contributed by atoms with Crippen LogP contribution >= 0.6 is 67.8 Å². The molecule has 0 aliphatic rings. The number of amides is 1. The van der Waals surface area contributed by atoms with E-state index < -0.39 is 12.0 Å². The fourth-order valence-electron chi connectivity index (χ4n) is 1.18. The van der Waals surface area contributed by atoms with Gasteiger partial charge in [0, 0.05) is 10.7 Å². The largest absolute Gasteiger partial charge is 0.480 e. The van der Waals surface area contributed by atoms with Crippen molar-refractivity contribution in [2.75, 3.05) is 11.9 Å². The van der Waals surface area contributed by atoms with E-state index in [1.807, 2.05) is 12.1 Å². The van der Waals surface area contributed by atoms with Crippen molar-refractivity contribution in [2.45, 2.75) is 13.0 Å². The number of benzene rings is 1. The summed E-state index contributed by atoms with van der Waals surface area (Å²) in [6.45, 7) is 1.46. The second-order valence-electron chi connectivity index (χ2n) is 3.73. The highest BCUT2D eigenvalue weighted by Crippen LogP contribution is 2.27. The Morgan fingerprint density at radius 3 is 2.26 bits per heavy atom. The minimum atomic E-state index is -0.980. The molecule has 0 fully saturated rings. The van der Waals surface area contributed by atoms with Crippen LogP contribution in [-0.4, -0.2) is 29.6 Å². The van der Waals surface area contributed by atoms with Crippen LogP contribution in [0.3, 0.4) is 0 Å². The summed E-state index contributed by atoms with van der Waals surface area (Å²) in [6, 6.07) is 3.18. The van der Waals surface area contributed by atoms with Crippen LogP contribution in [0.15, 0.2) is 12.1 Å². The van der Waals surface area contributed by atoms with Crippen LogP contribution in [0.25, 0.3) is 0 Å². The van der Waals surface area contributed by atoms with Gasteiger partial charge in [0.2, 0.25) is 5.91 Å². The molecule has 5 nitrogen and oxygen atoms in total. The standard InChI is InChI=1S/C11H11I3N2O3/c1-5(11(18)19)15-4-9(17)16-10-7(13)2-6(12)3-8(10)14/h2-3,5,15H,4H2,1H3,(H,16,17)(H,18,19). The van der Waals surface area contributed by atoms with Crippen LogP contribution in [0.4, 0.5) is 5.69 Å². The van der Waals surface area contributed by atoms with Gasteiger partial charge in [-0.3, -0.25) is 14.9 Å². The van der Waals surface area contributed by atoms with Crippen molar-refractivity contribution < 1.29 is 14.7 Å². The quantitative estimate of drug-likeness (QED) is 0.455. The Balaban J connectivity index is 2.65. The van der Waals surface area contributed by atoms with Gasteiger partial charge in [0.1, 0.15) is 6.04 Å². The molecule has 0 saturated carbocycles. The zero-order chi connectivity index (χ0) is 14.6.